The van der Waals surface area contributed by atoms with Crippen LogP contribution in [0.3, 0.4) is 0 Å². The Hall–Kier alpha value is -4.20. The number of guanidine groups is 1. The first kappa shape index (κ1) is 24.5. The summed E-state index contributed by atoms with van der Waals surface area (Å²) in [6.45, 7) is 3.60. The molecule has 0 spiro atoms. The van der Waals surface area contributed by atoms with E-state index in [1.165, 1.54) is 0 Å². The normalized spacial score (nSPS) is 20.1. The summed E-state index contributed by atoms with van der Waals surface area (Å²) in [5.41, 5.74) is 7.95. The van der Waals surface area contributed by atoms with E-state index in [0.717, 1.165) is 29.5 Å². The van der Waals surface area contributed by atoms with Crippen LogP contribution in [-0.4, -0.2) is 58.8 Å². The largest absolute Gasteiger partial charge is 0.484 e. The summed E-state index contributed by atoms with van der Waals surface area (Å²) in [5.74, 6) is 1.02. The van der Waals surface area contributed by atoms with Gasteiger partial charge < -0.3 is 15.4 Å². The lowest BCUT2D eigenvalue weighted by Gasteiger charge is -2.34. The number of aromatic nitrogens is 1. The first-order chi connectivity index (χ1) is 17.9. The van der Waals surface area contributed by atoms with Gasteiger partial charge in [0.2, 0.25) is 0 Å². The van der Waals surface area contributed by atoms with E-state index < -0.39 is 5.54 Å². The smallest absolute Gasteiger partial charge is 0.261 e. The van der Waals surface area contributed by atoms with Crippen LogP contribution in [0.4, 0.5) is 0 Å². The molecule has 1 unspecified atom stereocenters. The Labute approximate surface area is 216 Å². The van der Waals surface area contributed by atoms with Gasteiger partial charge in [-0.2, -0.15) is 0 Å². The minimum Gasteiger partial charge on any atom is -0.484 e. The second-order valence-corrected chi connectivity index (χ2v) is 9.71. The molecule has 3 heterocycles. The van der Waals surface area contributed by atoms with Gasteiger partial charge in [0.15, 0.2) is 18.1 Å². The number of benzene rings is 2. The standard InChI is InChI=1S/C29H31N5O3/c1-29(24-9-5-7-22(17-24)23-8-6-14-31-18-23)27(36)34(28(30)32-29)19-21-12-15-33(16-13-21)26(35)20-37-25-10-3-2-4-11-25/h2-11,14,17-18,21H,12-13,15-16,19-20H2,1H3,(H2,30,32). The van der Waals surface area contributed by atoms with Crippen molar-refractivity contribution in [3.05, 3.63) is 84.7 Å². The van der Waals surface area contributed by atoms with Crippen molar-refractivity contribution in [2.75, 3.05) is 26.2 Å². The van der Waals surface area contributed by atoms with E-state index in [4.69, 9.17) is 10.5 Å². The van der Waals surface area contributed by atoms with E-state index in [1.54, 1.807) is 17.3 Å². The Bertz CT molecular complexity index is 1290. The minimum atomic E-state index is -1.08. The molecule has 0 saturated carbocycles. The number of piperidine rings is 1. The van der Waals surface area contributed by atoms with Crippen molar-refractivity contribution in [3.8, 4) is 16.9 Å². The van der Waals surface area contributed by atoms with E-state index in [9.17, 15) is 9.59 Å². The maximum absolute atomic E-state index is 13.6. The SMILES string of the molecule is CC1(c2cccc(-c3cccnc3)c2)N=C(N)N(CC2CCN(C(=O)COc3ccccc3)CC2)C1=O. The summed E-state index contributed by atoms with van der Waals surface area (Å²) >= 11 is 0. The monoisotopic (exact) mass is 497 g/mol. The number of aliphatic imine (C=N–C) groups is 1. The molecule has 0 bridgehead atoms. The van der Waals surface area contributed by atoms with Crippen LogP contribution >= 0.6 is 0 Å². The van der Waals surface area contributed by atoms with Gasteiger partial charge in [-0.05, 0) is 66.6 Å². The lowest BCUT2D eigenvalue weighted by atomic mass is 9.89. The van der Waals surface area contributed by atoms with Gasteiger partial charge in [0.05, 0.1) is 0 Å². The lowest BCUT2D eigenvalue weighted by molar-refractivity contribution is -0.136. The highest BCUT2D eigenvalue weighted by atomic mass is 16.5. The van der Waals surface area contributed by atoms with Gasteiger partial charge in [-0.3, -0.25) is 19.5 Å². The fraction of sp³-hybridized carbons (Fsp3) is 0.310. The number of ether oxygens (including phenoxy) is 1. The third kappa shape index (κ3) is 5.18. The van der Waals surface area contributed by atoms with Crippen molar-refractivity contribution >= 4 is 17.8 Å². The summed E-state index contributed by atoms with van der Waals surface area (Å²) in [6, 6.07) is 21.0. The summed E-state index contributed by atoms with van der Waals surface area (Å²) < 4.78 is 5.61. The number of amides is 2. The third-order valence-electron chi connectivity index (χ3n) is 7.21. The van der Waals surface area contributed by atoms with Crippen LogP contribution in [0.25, 0.3) is 11.1 Å². The van der Waals surface area contributed by atoms with Crippen LogP contribution in [-0.2, 0) is 15.1 Å². The van der Waals surface area contributed by atoms with Crippen LogP contribution in [0.2, 0.25) is 0 Å². The molecule has 0 radical (unpaired) electrons. The molecule has 2 aromatic carbocycles. The zero-order valence-corrected chi connectivity index (χ0v) is 20.9. The Morgan fingerprint density at radius 2 is 1.81 bits per heavy atom. The number of carbonyl (C=O) groups is 2. The van der Waals surface area contributed by atoms with Gasteiger partial charge in [0.25, 0.3) is 11.8 Å². The summed E-state index contributed by atoms with van der Waals surface area (Å²) in [5, 5.41) is 0. The fourth-order valence-electron chi connectivity index (χ4n) is 4.98. The van der Waals surface area contributed by atoms with Crippen LogP contribution in [0.1, 0.15) is 25.3 Å². The molecule has 2 N–H and O–H groups in total. The minimum absolute atomic E-state index is 0.0232. The van der Waals surface area contributed by atoms with Gasteiger partial charge in [0, 0.05) is 32.0 Å². The number of para-hydroxylation sites is 1. The van der Waals surface area contributed by atoms with E-state index >= 15 is 0 Å². The van der Waals surface area contributed by atoms with Crippen molar-refractivity contribution in [1.29, 1.82) is 0 Å². The predicted molar refractivity (Wildman–Crippen MR) is 142 cm³/mol. The molecule has 5 rings (SSSR count). The second kappa shape index (κ2) is 10.4. The second-order valence-electron chi connectivity index (χ2n) is 9.71. The predicted octanol–water partition coefficient (Wildman–Crippen LogP) is 3.44. The number of pyridine rings is 1. The molecule has 3 aromatic rings. The van der Waals surface area contributed by atoms with E-state index in [2.05, 4.69) is 9.98 Å². The molecule has 8 nitrogen and oxygen atoms in total. The maximum atomic E-state index is 13.6. The summed E-state index contributed by atoms with van der Waals surface area (Å²) in [7, 11) is 0. The van der Waals surface area contributed by atoms with Crippen LogP contribution < -0.4 is 10.5 Å². The van der Waals surface area contributed by atoms with Crippen molar-refractivity contribution in [3.63, 3.8) is 0 Å². The third-order valence-corrected chi connectivity index (χ3v) is 7.21. The number of carbonyl (C=O) groups excluding carboxylic acids is 2. The molecule has 1 fully saturated rings. The number of nitrogens with two attached hydrogens (primary N) is 1. The molecule has 1 aromatic heterocycles. The molecule has 1 atom stereocenters. The van der Waals surface area contributed by atoms with E-state index in [-0.39, 0.29) is 30.3 Å². The van der Waals surface area contributed by atoms with Crippen LogP contribution in [0.5, 0.6) is 5.75 Å². The molecule has 37 heavy (non-hydrogen) atoms. The van der Waals surface area contributed by atoms with Gasteiger partial charge in [-0.15, -0.1) is 0 Å². The molecule has 1 saturated heterocycles. The average Bonchev–Trinajstić information content (AvgIpc) is 3.17. The molecule has 2 amide bonds. The van der Waals surface area contributed by atoms with Crippen LogP contribution in [0, 0.1) is 5.92 Å². The number of hydrogen-bond donors (Lipinski definition) is 1. The first-order valence-electron chi connectivity index (χ1n) is 12.6. The summed E-state index contributed by atoms with van der Waals surface area (Å²) in [6.07, 6.45) is 5.12. The van der Waals surface area contributed by atoms with Gasteiger partial charge in [-0.25, -0.2) is 4.99 Å². The first-order valence-corrected chi connectivity index (χ1v) is 12.6. The Kier molecular flexibility index (Phi) is 6.90. The zero-order chi connectivity index (χ0) is 25.8. The highest BCUT2D eigenvalue weighted by molar-refractivity contribution is 6.07. The molecule has 0 aliphatic carbocycles. The molecular weight excluding hydrogens is 466 g/mol. The van der Waals surface area contributed by atoms with E-state index in [0.29, 0.717) is 25.4 Å². The topological polar surface area (TPSA) is 101 Å². The molecular formula is C29H31N5O3. The van der Waals surface area contributed by atoms with E-state index in [1.807, 2.05) is 78.6 Å². The number of likely N-dealkylation sites (tertiary alicyclic amines) is 1. The van der Waals surface area contributed by atoms with Crippen molar-refractivity contribution in [2.45, 2.75) is 25.3 Å². The Morgan fingerprint density at radius 3 is 2.54 bits per heavy atom. The molecule has 190 valence electrons. The summed E-state index contributed by atoms with van der Waals surface area (Å²) in [4.78, 5) is 38.4. The van der Waals surface area contributed by atoms with Crippen LogP contribution in [0.15, 0.2) is 84.1 Å². The Balaban J connectivity index is 1.19. The lowest BCUT2D eigenvalue weighted by Crippen LogP contribution is -2.47. The highest BCUT2D eigenvalue weighted by Crippen LogP contribution is 2.35. The highest BCUT2D eigenvalue weighted by Gasteiger charge is 2.46. The van der Waals surface area contributed by atoms with Gasteiger partial charge in [-0.1, -0.05) is 42.5 Å². The van der Waals surface area contributed by atoms with Gasteiger partial charge in [0.1, 0.15) is 5.75 Å². The quantitative estimate of drug-likeness (QED) is 0.539. The fourth-order valence-corrected chi connectivity index (χ4v) is 4.98. The van der Waals surface area contributed by atoms with Crippen molar-refractivity contribution < 1.29 is 14.3 Å². The van der Waals surface area contributed by atoms with Gasteiger partial charge >= 0.3 is 0 Å². The maximum Gasteiger partial charge on any atom is 0.261 e. The molecule has 2 aliphatic rings. The number of rotatable bonds is 7. The number of nitrogens with zero attached hydrogens (tertiary/aromatic N) is 4. The van der Waals surface area contributed by atoms with Crippen molar-refractivity contribution in [1.82, 2.24) is 14.8 Å². The zero-order valence-electron chi connectivity index (χ0n) is 20.9. The molecule has 8 heteroatoms. The average molecular weight is 498 g/mol. The Morgan fingerprint density at radius 1 is 1.05 bits per heavy atom. The van der Waals surface area contributed by atoms with Crippen molar-refractivity contribution in [2.24, 2.45) is 16.6 Å². The molecule has 2 aliphatic heterocycles. The number of hydrogen-bond acceptors (Lipinski definition) is 6.